The number of hydrogen-bond acceptors (Lipinski definition) is 5. The number of amides is 1. The molecule has 166 valence electrons. The smallest absolute Gasteiger partial charge is 0.410 e. The van der Waals surface area contributed by atoms with Crippen LogP contribution in [-0.4, -0.2) is 55.1 Å². The number of nitrogens with zero attached hydrogens (tertiary/aromatic N) is 3. The molecule has 2 saturated heterocycles. The molecule has 1 aromatic rings. The van der Waals surface area contributed by atoms with Crippen molar-refractivity contribution in [2.45, 2.75) is 65.1 Å². The van der Waals surface area contributed by atoms with E-state index in [2.05, 4.69) is 5.16 Å². The number of carbonyl (C=O) groups excluding carboxylic acids is 1. The van der Waals surface area contributed by atoms with Gasteiger partial charge in [0, 0.05) is 57.9 Å². The molecular formula is C22H31F2N3O3. The molecule has 0 aromatic heterocycles. The van der Waals surface area contributed by atoms with Gasteiger partial charge in [-0.2, -0.15) is 0 Å². The van der Waals surface area contributed by atoms with E-state index in [1.165, 1.54) is 12.1 Å². The molecule has 0 spiro atoms. The van der Waals surface area contributed by atoms with Gasteiger partial charge in [0.25, 0.3) is 0 Å². The first kappa shape index (κ1) is 22.3. The number of benzene rings is 1. The summed E-state index contributed by atoms with van der Waals surface area (Å²) in [6.07, 6.45) is 2.76. The molecule has 2 aliphatic heterocycles. The Morgan fingerprint density at radius 1 is 1.13 bits per heavy atom. The summed E-state index contributed by atoms with van der Waals surface area (Å²) in [4.78, 5) is 21.2. The Labute approximate surface area is 176 Å². The third-order valence-electron chi connectivity index (χ3n) is 5.55. The number of halogens is 2. The molecule has 0 radical (unpaired) electrons. The monoisotopic (exact) mass is 423 g/mol. The molecular weight excluding hydrogens is 392 g/mol. The van der Waals surface area contributed by atoms with Crippen molar-refractivity contribution in [1.82, 2.24) is 4.90 Å². The summed E-state index contributed by atoms with van der Waals surface area (Å²) in [7, 11) is 0. The van der Waals surface area contributed by atoms with E-state index in [-0.39, 0.29) is 29.9 Å². The van der Waals surface area contributed by atoms with Gasteiger partial charge in [-0.25, -0.2) is 13.6 Å². The maximum Gasteiger partial charge on any atom is 0.410 e. The second kappa shape index (κ2) is 10.1. The van der Waals surface area contributed by atoms with Crippen LogP contribution in [0.15, 0.2) is 17.3 Å². The molecule has 2 fully saturated rings. The van der Waals surface area contributed by atoms with Crippen molar-refractivity contribution in [2.24, 2.45) is 5.16 Å². The molecule has 1 amide bonds. The molecule has 0 saturated carbocycles. The van der Waals surface area contributed by atoms with E-state index in [1.54, 1.807) is 4.90 Å². The van der Waals surface area contributed by atoms with Gasteiger partial charge in [0.1, 0.15) is 17.7 Å². The molecule has 3 rings (SSSR count). The fourth-order valence-electron chi connectivity index (χ4n) is 3.76. The molecule has 30 heavy (non-hydrogen) atoms. The van der Waals surface area contributed by atoms with Gasteiger partial charge in [-0.3, -0.25) is 0 Å². The van der Waals surface area contributed by atoms with Crippen molar-refractivity contribution in [1.29, 1.82) is 0 Å². The third-order valence-corrected chi connectivity index (χ3v) is 5.55. The molecule has 0 atom stereocenters. The number of likely N-dealkylation sites (tertiary alicyclic amines) is 1. The van der Waals surface area contributed by atoms with Crippen molar-refractivity contribution in [3.63, 3.8) is 0 Å². The van der Waals surface area contributed by atoms with Crippen LogP contribution in [0.4, 0.5) is 19.3 Å². The Morgan fingerprint density at radius 2 is 1.80 bits per heavy atom. The highest BCUT2D eigenvalue weighted by Crippen LogP contribution is 2.26. The minimum Gasteiger partial charge on any atom is -0.447 e. The molecule has 0 unspecified atom stereocenters. The summed E-state index contributed by atoms with van der Waals surface area (Å²) in [5.74, 6) is -0.743. The number of ether oxygens (including phenoxy) is 1. The van der Waals surface area contributed by atoms with E-state index in [1.807, 2.05) is 25.7 Å². The lowest BCUT2D eigenvalue weighted by atomic mass is 10.1. The maximum atomic E-state index is 14.3. The second-order valence-corrected chi connectivity index (χ2v) is 8.12. The first-order chi connectivity index (χ1) is 14.4. The Kier molecular flexibility index (Phi) is 7.50. The number of aryl methyl sites for hydroxylation is 1. The van der Waals surface area contributed by atoms with E-state index in [0.29, 0.717) is 69.5 Å². The van der Waals surface area contributed by atoms with Crippen LogP contribution >= 0.6 is 0 Å². The normalized spacial score (nSPS) is 18.0. The third kappa shape index (κ3) is 5.61. The number of carbonyl (C=O) groups is 1. The lowest BCUT2D eigenvalue weighted by Gasteiger charge is -2.32. The van der Waals surface area contributed by atoms with Crippen molar-refractivity contribution in [2.75, 3.05) is 31.1 Å². The van der Waals surface area contributed by atoms with E-state index in [9.17, 15) is 13.6 Å². The van der Waals surface area contributed by atoms with Crippen molar-refractivity contribution in [3.8, 4) is 0 Å². The minimum atomic E-state index is -0.382. The Hall–Kier alpha value is -2.38. The highest BCUT2D eigenvalue weighted by Gasteiger charge is 2.26. The number of anilines is 1. The average Bonchev–Trinajstić information content (AvgIpc) is 2.74. The Bertz CT molecular complexity index is 767. The van der Waals surface area contributed by atoms with Crippen LogP contribution in [0, 0.1) is 11.6 Å². The van der Waals surface area contributed by atoms with Crippen LogP contribution in [0.25, 0.3) is 0 Å². The minimum absolute atomic E-state index is 0.0215. The van der Waals surface area contributed by atoms with Crippen LogP contribution in [0.2, 0.25) is 0 Å². The molecule has 0 aliphatic carbocycles. The van der Waals surface area contributed by atoms with Gasteiger partial charge < -0.3 is 19.4 Å². The van der Waals surface area contributed by atoms with Gasteiger partial charge in [0.05, 0.1) is 17.5 Å². The van der Waals surface area contributed by atoms with E-state index in [4.69, 9.17) is 9.57 Å². The summed E-state index contributed by atoms with van der Waals surface area (Å²) in [6, 6.07) is 2.59. The zero-order chi connectivity index (χ0) is 21.7. The van der Waals surface area contributed by atoms with E-state index < -0.39 is 0 Å². The topological polar surface area (TPSA) is 54.4 Å². The van der Waals surface area contributed by atoms with Gasteiger partial charge in [0.2, 0.25) is 0 Å². The number of rotatable bonds is 5. The summed E-state index contributed by atoms with van der Waals surface area (Å²) in [6.45, 7) is 7.80. The largest absolute Gasteiger partial charge is 0.447 e. The van der Waals surface area contributed by atoms with Gasteiger partial charge >= 0.3 is 6.09 Å². The van der Waals surface area contributed by atoms with Gasteiger partial charge in [-0.15, -0.1) is 0 Å². The molecule has 2 heterocycles. The fourth-order valence-corrected chi connectivity index (χ4v) is 3.76. The van der Waals surface area contributed by atoms with Crippen LogP contribution < -0.4 is 4.90 Å². The molecule has 1 aromatic carbocycles. The van der Waals surface area contributed by atoms with E-state index >= 15 is 0 Å². The molecule has 6 nitrogen and oxygen atoms in total. The molecule has 0 N–H and O–H groups in total. The van der Waals surface area contributed by atoms with Crippen molar-refractivity contribution in [3.05, 3.63) is 29.3 Å². The molecule has 2 aliphatic rings. The van der Waals surface area contributed by atoms with Gasteiger partial charge in [-0.1, -0.05) is 12.1 Å². The van der Waals surface area contributed by atoms with Crippen LogP contribution in [0.5, 0.6) is 0 Å². The summed E-state index contributed by atoms with van der Waals surface area (Å²) in [5, 5.41) is 4.31. The standard InChI is InChI=1S/C22H31F2N3O3/c1-4-16-13-20(24)21(14-19(16)23)26-9-5-17(6-10-26)25-30-18-7-11-27(12-8-18)22(28)29-15(2)3/h13-15,18H,4-12H2,1-3H3. The van der Waals surface area contributed by atoms with E-state index in [0.717, 1.165) is 5.71 Å². The first-order valence-electron chi connectivity index (χ1n) is 10.8. The average molecular weight is 424 g/mol. The second-order valence-electron chi connectivity index (χ2n) is 8.12. The van der Waals surface area contributed by atoms with Crippen LogP contribution in [-0.2, 0) is 16.0 Å². The predicted octanol–water partition coefficient (Wildman–Crippen LogP) is 4.51. The number of piperidine rings is 2. The lowest BCUT2D eigenvalue weighted by Crippen LogP contribution is -2.41. The number of hydrogen-bond donors (Lipinski definition) is 0. The fraction of sp³-hybridized carbons (Fsp3) is 0.636. The van der Waals surface area contributed by atoms with Crippen molar-refractivity contribution < 1.29 is 23.1 Å². The highest BCUT2D eigenvalue weighted by molar-refractivity contribution is 5.86. The maximum absolute atomic E-state index is 14.3. The zero-order valence-electron chi connectivity index (χ0n) is 18.0. The quantitative estimate of drug-likeness (QED) is 0.654. The summed E-state index contributed by atoms with van der Waals surface area (Å²) in [5.41, 5.74) is 1.64. The first-order valence-corrected chi connectivity index (χ1v) is 10.8. The number of oxime groups is 1. The zero-order valence-corrected chi connectivity index (χ0v) is 18.0. The summed E-state index contributed by atoms with van der Waals surface area (Å²) < 4.78 is 33.6. The Morgan fingerprint density at radius 3 is 2.40 bits per heavy atom. The molecule has 8 heteroatoms. The molecule has 0 bridgehead atoms. The summed E-state index contributed by atoms with van der Waals surface area (Å²) >= 11 is 0. The highest BCUT2D eigenvalue weighted by atomic mass is 19.1. The van der Waals surface area contributed by atoms with Gasteiger partial charge in [0.15, 0.2) is 0 Å². The van der Waals surface area contributed by atoms with Crippen LogP contribution in [0.1, 0.15) is 52.0 Å². The van der Waals surface area contributed by atoms with Gasteiger partial charge in [-0.05, 0) is 31.9 Å². The SMILES string of the molecule is CCc1cc(F)c(N2CCC(=NOC3CCN(C(=O)OC(C)C)CC3)CC2)cc1F. The van der Waals surface area contributed by atoms with Crippen molar-refractivity contribution >= 4 is 17.5 Å². The lowest BCUT2D eigenvalue weighted by molar-refractivity contribution is 0.00415. The predicted molar refractivity (Wildman–Crippen MR) is 112 cm³/mol. The van der Waals surface area contributed by atoms with Crippen LogP contribution in [0.3, 0.4) is 0 Å². The Balaban J connectivity index is 1.46.